The van der Waals surface area contributed by atoms with Crippen molar-refractivity contribution in [2.75, 3.05) is 13.1 Å². The van der Waals surface area contributed by atoms with Crippen molar-refractivity contribution in [3.05, 3.63) is 32.8 Å². The van der Waals surface area contributed by atoms with Crippen LogP contribution in [0.4, 0.5) is 0 Å². The van der Waals surface area contributed by atoms with E-state index in [2.05, 4.69) is 5.10 Å². The van der Waals surface area contributed by atoms with Crippen LogP contribution in [0, 0.1) is 11.8 Å². The molecule has 2 atom stereocenters. The molecule has 108 valence electrons. The van der Waals surface area contributed by atoms with Gasteiger partial charge in [0.1, 0.15) is 6.54 Å². The van der Waals surface area contributed by atoms with Gasteiger partial charge in [0, 0.05) is 25.2 Å². The van der Waals surface area contributed by atoms with Crippen molar-refractivity contribution in [3.8, 4) is 0 Å². The maximum atomic E-state index is 12.0. The van der Waals surface area contributed by atoms with Gasteiger partial charge in [-0.1, -0.05) is 6.92 Å². The van der Waals surface area contributed by atoms with E-state index in [1.54, 1.807) is 6.92 Å². The first-order valence-corrected chi connectivity index (χ1v) is 6.19. The van der Waals surface area contributed by atoms with Gasteiger partial charge in [0.2, 0.25) is 5.91 Å². The fourth-order valence-corrected chi connectivity index (χ4v) is 2.31. The van der Waals surface area contributed by atoms with Crippen LogP contribution in [0.15, 0.2) is 21.7 Å². The Hall–Kier alpha value is -2.38. The highest BCUT2D eigenvalue weighted by Gasteiger charge is 2.36. The van der Waals surface area contributed by atoms with Crippen LogP contribution in [0.25, 0.3) is 0 Å². The largest absolute Gasteiger partial charge is 0.481 e. The van der Waals surface area contributed by atoms with Gasteiger partial charge in [0.25, 0.3) is 11.1 Å². The van der Waals surface area contributed by atoms with Gasteiger partial charge in [-0.05, 0) is 5.92 Å². The highest BCUT2D eigenvalue weighted by molar-refractivity contribution is 5.78. The van der Waals surface area contributed by atoms with E-state index in [1.165, 1.54) is 4.90 Å². The van der Waals surface area contributed by atoms with E-state index in [1.807, 2.05) is 0 Å². The Bertz CT molecular complexity index is 647. The zero-order chi connectivity index (χ0) is 14.9. The predicted molar refractivity (Wildman–Crippen MR) is 68.2 cm³/mol. The molecule has 0 aromatic carbocycles. The van der Waals surface area contributed by atoms with Crippen LogP contribution in [0.5, 0.6) is 0 Å². The number of hydrogen-bond donors (Lipinski definition) is 2. The maximum Gasteiger partial charge on any atom is 0.308 e. The van der Waals surface area contributed by atoms with Crippen LogP contribution in [-0.2, 0) is 16.1 Å². The number of nitrogens with zero attached hydrogens (tertiary/aromatic N) is 2. The first kappa shape index (κ1) is 14.0. The minimum atomic E-state index is -0.932. The van der Waals surface area contributed by atoms with E-state index in [4.69, 9.17) is 5.11 Å². The second kappa shape index (κ2) is 5.32. The number of carboxylic acids is 1. The number of rotatable bonds is 3. The Labute approximate surface area is 113 Å². The molecule has 2 unspecified atom stereocenters. The molecule has 1 amide bonds. The van der Waals surface area contributed by atoms with Crippen LogP contribution < -0.4 is 11.1 Å². The molecule has 1 aliphatic rings. The number of aromatic amines is 1. The van der Waals surface area contributed by atoms with Crippen LogP contribution in [0.2, 0.25) is 0 Å². The van der Waals surface area contributed by atoms with Gasteiger partial charge in [-0.3, -0.25) is 24.3 Å². The molecule has 1 saturated heterocycles. The minimum absolute atomic E-state index is 0.126. The van der Waals surface area contributed by atoms with E-state index in [9.17, 15) is 19.2 Å². The number of carbonyl (C=O) groups is 2. The fraction of sp³-hybridized carbons (Fsp3) is 0.500. The third-order valence-electron chi connectivity index (χ3n) is 3.46. The van der Waals surface area contributed by atoms with E-state index >= 15 is 0 Å². The molecule has 2 heterocycles. The number of aromatic nitrogens is 2. The first-order valence-electron chi connectivity index (χ1n) is 6.19. The maximum absolute atomic E-state index is 12.0. The number of nitrogens with one attached hydrogen (secondary N) is 1. The zero-order valence-electron chi connectivity index (χ0n) is 10.9. The first-order chi connectivity index (χ1) is 9.38. The van der Waals surface area contributed by atoms with Gasteiger partial charge in [0.15, 0.2) is 0 Å². The summed E-state index contributed by atoms with van der Waals surface area (Å²) < 4.78 is 0.920. The third kappa shape index (κ3) is 2.79. The number of amides is 1. The fourth-order valence-electron chi connectivity index (χ4n) is 2.31. The molecule has 8 nitrogen and oxygen atoms in total. The molecule has 2 rings (SSSR count). The minimum Gasteiger partial charge on any atom is -0.481 e. The van der Waals surface area contributed by atoms with Crippen molar-refractivity contribution in [1.82, 2.24) is 14.7 Å². The molecule has 0 spiro atoms. The molecule has 1 aromatic rings. The molecule has 20 heavy (non-hydrogen) atoms. The smallest absolute Gasteiger partial charge is 0.308 e. The normalized spacial score (nSPS) is 21.9. The molecule has 1 aromatic heterocycles. The lowest BCUT2D eigenvalue weighted by Crippen LogP contribution is -2.38. The molecule has 0 bridgehead atoms. The lowest BCUT2D eigenvalue weighted by molar-refractivity contribution is -0.142. The number of likely N-dealkylation sites (tertiary alicyclic amines) is 1. The van der Waals surface area contributed by atoms with Crippen molar-refractivity contribution in [2.45, 2.75) is 13.5 Å². The Morgan fingerprint density at radius 2 is 2.05 bits per heavy atom. The second-order valence-corrected chi connectivity index (χ2v) is 4.95. The van der Waals surface area contributed by atoms with E-state index in [-0.39, 0.29) is 24.9 Å². The summed E-state index contributed by atoms with van der Waals surface area (Å²) in [4.78, 5) is 47.1. The average Bonchev–Trinajstić information content (AvgIpc) is 2.76. The molecule has 1 aliphatic heterocycles. The molecular weight excluding hydrogens is 266 g/mol. The van der Waals surface area contributed by atoms with Crippen LogP contribution in [-0.4, -0.2) is 44.8 Å². The number of H-pyrrole nitrogens is 1. The summed E-state index contributed by atoms with van der Waals surface area (Å²) in [5.41, 5.74) is -0.962. The van der Waals surface area contributed by atoms with Crippen molar-refractivity contribution >= 4 is 11.9 Å². The molecular formula is C12H15N3O5. The molecule has 0 radical (unpaired) electrons. The molecule has 8 heteroatoms. The summed E-state index contributed by atoms with van der Waals surface area (Å²) in [7, 11) is 0. The third-order valence-corrected chi connectivity index (χ3v) is 3.46. The highest BCUT2D eigenvalue weighted by atomic mass is 16.4. The topological polar surface area (TPSA) is 112 Å². The van der Waals surface area contributed by atoms with Gasteiger partial charge in [-0.25, -0.2) is 4.68 Å². The van der Waals surface area contributed by atoms with Crippen molar-refractivity contribution < 1.29 is 14.7 Å². The van der Waals surface area contributed by atoms with E-state index in [0.717, 1.165) is 16.8 Å². The van der Waals surface area contributed by atoms with Crippen molar-refractivity contribution in [1.29, 1.82) is 0 Å². The quantitative estimate of drug-likeness (QED) is 0.716. The van der Waals surface area contributed by atoms with Crippen LogP contribution >= 0.6 is 0 Å². The SMILES string of the molecule is CC1CN(C(=O)Cn2[nH]c(=O)ccc2=O)CC1C(=O)O. The number of hydrogen-bond acceptors (Lipinski definition) is 4. The molecule has 0 saturated carbocycles. The molecule has 2 N–H and O–H groups in total. The lowest BCUT2D eigenvalue weighted by Gasteiger charge is -2.16. The number of carboxylic acid groups (broad SMARTS) is 1. The summed E-state index contributed by atoms with van der Waals surface area (Å²) >= 11 is 0. The summed E-state index contributed by atoms with van der Waals surface area (Å²) in [6.07, 6.45) is 0. The van der Waals surface area contributed by atoms with E-state index in [0.29, 0.717) is 6.54 Å². The summed E-state index contributed by atoms with van der Waals surface area (Å²) in [5.74, 6) is -2.05. The summed E-state index contributed by atoms with van der Waals surface area (Å²) in [5, 5.41) is 11.3. The number of carbonyl (C=O) groups excluding carboxylic acids is 1. The number of aliphatic carboxylic acids is 1. The van der Waals surface area contributed by atoms with Crippen LogP contribution in [0.1, 0.15) is 6.92 Å². The van der Waals surface area contributed by atoms with Gasteiger partial charge in [0.05, 0.1) is 5.92 Å². The van der Waals surface area contributed by atoms with Gasteiger partial charge >= 0.3 is 5.97 Å². The average molecular weight is 281 g/mol. The molecule has 1 fully saturated rings. The zero-order valence-corrected chi connectivity index (χ0v) is 10.9. The van der Waals surface area contributed by atoms with Crippen molar-refractivity contribution in [3.63, 3.8) is 0 Å². The van der Waals surface area contributed by atoms with Crippen LogP contribution in [0.3, 0.4) is 0 Å². The Morgan fingerprint density at radius 3 is 2.65 bits per heavy atom. The molecule has 0 aliphatic carbocycles. The van der Waals surface area contributed by atoms with Crippen molar-refractivity contribution in [2.24, 2.45) is 11.8 Å². The Morgan fingerprint density at radius 1 is 1.35 bits per heavy atom. The summed E-state index contributed by atoms with van der Waals surface area (Å²) in [6, 6.07) is 2.17. The summed E-state index contributed by atoms with van der Waals surface area (Å²) in [6.45, 7) is 1.93. The standard InChI is InChI=1S/C12H15N3O5/c1-7-4-14(5-8(7)12(19)20)11(18)6-15-10(17)3-2-9(16)13-15/h2-3,7-8H,4-6H2,1H3,(H,13,16)(H,19,20). The van der Waals surface area contributed by atoms with E-state index < -0.39 is 23.0 Å². The lowest BCUT2D eigenvalue weighted by atomic mass is 9.99. The van der Waals surface area contributed by atoms with Gasteiger partial charge in [-0.2, -0.15) is 0 Å². The van der Waals surface area contributed by atoms with Gasteiger partial charge in [-0.15, -0.1) is 0 Å². The second-order valence-electron chi connectivity index (χ2n) is 4.95. The van der Waals surface area contributed by atoms with Gasteiger partial charge < -0.3 is 10.0 Å². The Balaban J connectivity index is 2.10. The predicted octanol–water partition coefficient (Wildman–Crippen LogP) is -1.28. The highest BCUT2D eigenvalue weighted by Crippen LogP contribution is 2.23. The monoisotopic (exact) mass is 281 g/mol. The Kier molecular flexibility index (Phi) is 3.73.